The van der Waals surface area contributed by atoms with Gasteiger partial charge in [-0.25, -0.2) is 9.97 Å². The first-order valence-corrected chi connectivity index (χ1v) is 5.97. The van der Waals surface area contributed by atoms with E-state index >= 15 is 0 Å². The van der Waals surface area contributed by atoms with Gasteiger partial charge in [0.25, 0.3) is 0 Å². The summed E-state index contributed by atoms with van der Waals surface area (Å²) < 4.78 is 0. The van der Waals surface area contributed by atoms with Crippen molar-refractivity contribution in [2.45, 2.75) is 32.7 Å². The minimum atomic E-state index is 0.419. The fourth-order valence-corrected chi connectivity index (χ4v) is 2.49. The van der Waals surface area contributed by atoms with Crippen molar-refractivity contribution in [2.75, 3.05) is 18.0 Å². The number of nitrogens with zero attached hydrogens (tertiary/aromatic N) is 3. The fourth-order valence-electron chi connectivity index (χ4n) is 2.49. The molecule has 1 aromatic heterocycles. The standard InChI is InChI=1S/C12H20N4/c1-9-4-3-5-16(11(9)7-13)12-6-10(2)14-8-15-12/h6,8-9,11H,3-5,7,13H2,1-2H3. The molecule has 1 fully saturated rings. The zero-order chi connectivity index (χ0) is 11.5. The molecule has 1 saturated heterocycles. The van der Waals surface area contributed by atoms with Gasteiger partial charge in [-0.1, -0.05) is 6.92 Å². The van der Waals surface area contributed by atoms with Crippen molar-refractivity contribution < 1.29 is 0 Å². The number of aryl methyl sites for hydroxylation is 1. The van der Waals surface area contributed by atoms with E-state index in [-0.39, 0.29) is 0 Å². The van der Waals surface area contributed by atoms with Crippen molar-refractivity contribution in [1.29, 1.82) is 0 Å². The van der Waals surface area contributed by atoms with Crippen LogP contribution in [-0.4, -0.2) is 29.1 Å². The summed E-state index contributed by atoms with van der Waals surface area (Å²) in [6.07, 6.45) is 4.13. The minimum absolute atomic E-state index is 0.419. The van der Waals surface area contributed by atoms with E-state index in [9.17, 15) is 0 Å². The van der Waals surface area contributed by atoms with Gasteiger partial charge < -0.3 is 10.6 Å². The lowest BCUT2D eigenvalue weighted by molar-refractivity contribution is 0.348. The van der Waals surface area contributed by atoms with E-state index in [1.807, 2.05) is 13.0 Å². The summed E-state index contributed by atoms with van der Waals surface area (Å²) in [7, 11) is 0. The Kier molecular flexibility index (Phi) is 3.39. The van der Waals surface area contributed by atoms with Crippen LogP contribution in [0.2, 0.25) is 0 Å². The topological polar surface area (TPSA) is 55.0 Å². The molecular formula is C12H20N4. The van der Waals surface area contributed by atoms with E-state index in [2.05, 4.69) is 21.8 Å². The van der Waals surface area contributed by atoms with Crippen LogP contribution in [0, 0.1) is 12.8 Å². The van der Waals surface area contributed by atoms with Gasteiger partial charge in [-0.05, 0) is 25.7 Å². The molecule has 1 aliphatic heterocycles. The number of hydrogen-bond donors (Lipinski definition) is 1. The summed E-state index contributed by atoms with van der Waals surface area (Å²) in [4.78, 5) is 10.8. The average molecular weight is 220 g/mol. The van der Waals surface area contributed by atoms with E-state index in [1.165, 1.54) is 12.8 Å². The molecule has 2 atom stereocenters. The summed E-state index contributed by atoms with van der Waals surface area (Å²) in [5.74, 6) is 1.67. The summed E-state index contributed by atoms with van der Waals surface area (Å²) in [5, 5.41) is 0. The van der Waals surface area contributed by atoms with Gasteiger partial charge >= 0.3 is 0 Å². The Morgan fingerprint density at radius 3 is 3.00 bits per heavy atom. The van der Waals surface area contributed by atoms with Crippen molar-refractivity contribution in [1.82, 2.24) is 9.97 Å². The maximum atomic E-state index is 5.87. The van der Waals surface area contributed by atoms with E-state index in [0.29, 0.717) is 18.5 Å². The molecule has 16 heavy (non-hydrogen) atoms. The molecule has 88 valence electrons. The number of aromatic nitrogens is 2. The molecule has 0 amide bonds. The summed E-state index contributed by atoms with van der Waals surface area (Å²) >= 11 is 0. The highest BCUT2D eigenvalue weighted by molar-refractivity contribution is 5.41. The minimum Gasteiger partial charge on any atom is -0.352 e. The van der Waals surface area contributed by atoms with Crippen molar-refractivity contribution in [3.8, 4) is 0 Å². The van der Waals surface area contributed by atoms with Crippen LogP contribution in [-0.2, 0) is 0 Å². The highest BCUT2D eigenvalue weighted by atomic mass is 15.2. The molecule has 0 aromatic carbocycles. The number of rotatable bonds is 2. The quantitative estimate of drug-likeness (QED) is 0.817. The van der Waals surface area contributed by atoms with Crippen LogP contribution >= 0.6 is 0 Å². The molecule has 2 heterocycles. The van der Waals surface area contributed by atoms with Gasteiger partial charge in [-0.15, -0.1) is 0 Å². The van der Waals surface area contributed by atoms with Crippen molar-refractivity contribution >= 4 is 5.82 Å². The predicted molar refractivity (Wildman–Crippen MR) is 65.4 cm³/mol. The largest absolute Gasteiger partial charge is 0.352 e. The SMILES string of the molecule is Cc1cc(N2CCCC(C)C2CN)ncn1. The van der Waals surface area contributed by atoms with Gasteiger partial charge in [-0.3, -0.25) is 0 Å². The normalized spacial score (nSPS) is 25.8. The molecule has 2 N–H and O–H groups in total. The molecule has 0 spiro atoms. The third-order valence-corrected chi connectivity index (χ3v) is 3.44. The zero-order valence-electron chi connectivity index (χ0n) is 10.1. The van der Waals surface area contributed by atoms with Gasteiger partial charge in [0.1, 0.15) is 12.1 Å². The average Bonchev–Trinajstić information content (AvgIpc) is 2.28. The predicted octanol–water partition coefficient (Wildman–Crippen LogP) is 1.35. The molecule has 0 radical (unpaired) electrons. The smallest absolute Gasteiger partial charge is 0.132 e. The van der Waals surface area contributed by atoms with Crippen LogP contribution in [0.5, 0.6) is 0 Å². The van der Waals surface area contributed by atoms with Gasteiger partial charge in [0.2, 0.25) is 0 Å². The van der Waals surface area contributed by atoms with Crippen molar-refractivity contribution in [3.63, 3.8) is 0 Å². The molecule has 0 aliphatic carbocycles. The first-order valence-electron chi connectivity index (χ1n) is 5.97. The van der Waals surface area contributed by atoms with E-state index in [0.717, 1.165) is 18.1 Å². The van der Waals surface area contributed by atoms with E-state index in [4.69, 9.17) is 5.73 Å². The van der Waals surface area contributed by atoms with Crippen molar-refractivity contribution in [3.05, 3.63) is 18.1 Å². The maximum Gasteiger partial charge on any atom is 0.132 e. The highest BCUT2D eigenvalue weighted by Gasteiger charge is 2.28. The Morgan fingerprint density at radius 1 is 1.50 bits per heavy atom. The number of piperidine rings is 1. The van der Waals surface area contributed by atoms with E-state index < -0.39 is 0 Å². The molecule has 2 rings (SSSR count). The molecule has 2 unspecified atom stereocenters. The first kappa shape index (κ1) is 11.3. The molecule has 0 saturated carbocycles. The van der Waals surface area contributed by atoms with Crippen LogP contribution < -0.4 is 10.6 Å². The monoisotopic (exact) mass is 220 g/mol. The third kappa shape index (κ3) is 2.16. The molecule has 1 aliphatic rings. The summed E-state index contributed by atoms with van der Waals surface area (Å²) in [6, 6.07) is 2.46. The Labute approximate surface area is 96.9 Å². The van der Waals surface area contributed by atoms with E-state index in [1.54, 1.807) is 6.33 Å². The Hall–Kier alpha value is -1.16. The molecule has 4 heteroatoms. The lowest BCUT2D eigenvalue weighted by Gasteiger charge is -2.40. The third-order valence-electron chi connectivity index (χ3n) is 3.44. The Balaban J connectivity index is 2.24. The second-order valence-corrected chi connectivity index (χ2v) is 4.63. The summed E-state index contributed by atoms with van der Waals surface area (Å²) in [5.41, 5.74) is 6.89. The van der Waals surface area contributed by atoms with Crippen LogP contribution in [0.4, 0.5) is 5.82 Å². The highest BCUT2D eigenvalue weighted by Crippen LogP contribution is 2.26. The van der Waals surface area contributed by atoms with Crippen molar-refractivity contribution in [2.24, 2.45) is 11.7 Å². The second-order valence-electron chi connectivity index (χ2n) is 4.63. The maximum absolute atomic E-state index is 5.87. The molecule has 1 aromatic rings. The summed E-state index contributed by atoms with van der Waals surface area (Å²) in [6.45, 7) is 6.03. The lowest BCUT2D eigenvalue weighted by Crippen LogP contribution is -2.49. The second kappa shape index (κ2) is 4.78. The fraction of sp³-hybridized carbons (Fsp3) is 0.667. The Morgan fingerprint density at radius 2 is 2.31 bits per heavy atom. The zero-order valence-corrected chi connectivity index (χ0v) is 10.1. The molecular weight excluding hydrogens is 200 g/mol. The number of hydrogen-bond acceptors (Lipinski definition) is 4. The van der Waals surface area contributed by atoms with Crippen LogP contribution in [0.25, 0.3) is 0 Å². The van der Waals surface area contributed by atoms with Gasteiger partial charge in [0.15, 0.2) is 0 Å². The number of anilines is 1. The van der Waals surface area contributed by atoms with Gasteiger partial charge in [0, 0.05) is 30.9 Å². The molecule has 0 bridgehead atoms. The number of nitrogens with two attached hydrogens (primary N) is 1. The van der Waals surface area contributed by atoms with Crippen LogP contribution in [0.1, 0.15) is 25.5 Å². The first-order chi connectivity index (χ1) is 7.72. The van der Waals surface area contributed by atoms with Gasteiger partial charge in [0.05, 0.1) is 0 Å². The van der Waals surface area contributed by atoms with Gasteiger partial charge in [-0.2, -0.15) is 0 Å². The van der Waals surface area contributed by atoms with Crippen LogP contribution in [0.3, 0.4) is 0 Å². The lowest BCUT2D eigenvalue weighted by atomic mass is 9.91. The molecule has 4 nitrogen and oxygen atoms in total. The van der Waals surface area contributed by atoms with Crippen LogP contribution in [0.15, 0.2) is 12.4 Å². The Bertz CT molecular complexity index is 353.